The Morgan fingerprint density at radius 1 is 1.00 bits per heavy atom. The van der Waals surface area contributed by atoms with Gasteiger partial charge in [-0.1, -0.05) is 36.4 Å². The summed E-state index contributed by atoms with van der Waals surface area (Å²) in [7, 11) is 0. The van der Waals surface area contributed by atoms with Crippen molar-refractivity contribution in [1.82, 2.24) is 15.0 Å². The summed E-state index contributed by atoms with van der Waals surface area (Å²) in [6, 6.07) is 19.6. The SMILES string of the molecule is C[C@H](SCCCOc1ccccc1)c1nc(N)nc(Nc2ccccc2)n1. The molecule has 2 aromatic carbocycles. The molecular formula is C20H23N5OS. The highest BCUT2D eigenvalue weighted by atomic mass is 32.2. The van der Waals surface area contributed by atoms with Crippen molar-refractivity contribution in [1.29, 1.82) is 0 Å². The molecule has 0 aliphatic carbocycles. The fourth-order valence-corrected chi connectivity index (χ4v) is 3.29. The Balaban J connectivity index is 1.49. The number of rotatable bonds is 9. The molecule has 0 aliphatic heterocycles. The summed E-state index contributed by atoms with van der Waals surface area (Å²) < 4.78 is 5.71. The predicted molar refractivity (Wildman–Crippen MR) is 111 cm³/mol. The molecule has 0 saturated carbocycles. The normalized spacial score (nSPS) is 11.7. The first-order valence-corrected chi connectivity index (χ1v) is 9.88. The first-order chi connectivity index (χ1) is 13.2. The number of thioether (sulfide) groups is 1. The molecule has 6 nitrogen and oxygen atoms in total. The van der Waals surface area contributed by atoms with Crippen molar-refractivity contribution in [2.75, 3.05) is 23.4 Å². The molecule has 3 N–H and O–H groups in total. The molecular weight excluding hydrogens is 358 g/mol. The molecule has 0 saturated heterocycles. The smallest absolute Gasteiger partial charge is 0.232 e. The van der Waals surface area contributed by atoms with E-state index in [1.165, 1.54) is 0 Å². The van der Waals surface area contributed by atoms with E-state index in [0.717, 1.165) is 23.6 Å². The van der Waals surface area contributed by atoms with Crippen LogP contribution in [0.25, 0.3) is 0 Å². The largest absolute Gasteiger partial charge is 0.494 e. The van der Waals surface area contributed by atoms with E-state index in [4.69, 9.17) is 10.5 Å². The van der Waals surface area contributed by atoms with Crippen LogP contribution in [0, 0.1) is 0 Å². The van der Waals surface area contributed by atoms with Crippen molar-refractivity contribution in [3.05, 3.63) is 66.5 Å². The zero-order chi connectivity index (χ0) is 18.9. The molecule has 1 aromatic heterocycles. The van der Waals surface area contributed by atoms with Crippen molar-refractivity contribution in [3.8, 4) is 5.75 Å². The second-order valence-corrected chi connectivity index (χ2v) is 7.34. The molecule has 0 bridgehead atoms. The predicted octanol–water partition coefficient (Wildman–Crippen LogP) is 4.46. The fourth-order valence-electron chi connectivity index (χ4n) is 2.40. The van der Waals surface area contributed by atoms with Gasteiger partial charge in [0.1, 0.15) is 11.6 Å². The van der Waals surface area contributed by atoms with Gasteiger partial charge in [0.05, 0.1) is 11.9 Å². The highest BCUT2D eigenvalue weighted by Crippen LogP contribution is 2.27. The second-order valence-electron chi connectivity index (χ2n) is 5.89. The number of nitrogens with two attached hydrogens (primary N) is 1. The summed E-state index contributed by atoms with van der Waals surface area (Å²) >= 11 is 1.77. The molecule has 1 heterocycles. The first-order valence-electron chi connectivity index (χ1n) is 8.83. The van der Waals surface area contributed by atoms with Crippen LogP contribution < -0.4 is 15.8 Å². The lowest BCUT2D eigenvalue weighted by Gasteiger charge is -2.12. The van der Waals surface area contributed by atoms with E-state index in [9.17, 15) is 0 Å². The van der Waals surface area contributed by atoms with Crippen molar-refractivity contribution in [2.24, 2.45) is 0 Å². The molecule has 0 radical (unpaired) electrons. The number of para-hydroxylation sites is 2. The lowest BCUT2D eigenvalue weighted by atomic mass is 10.3. The maximum atomic E-state index is 5.86. The Bertz CT molecular complexity index is 832. The maximum absolute atomic E-state index is 5.86. The van der Waals surface area contributed by atoms with Gasteiger partial charge in [-0.05, 0) is 43.4 Å². The van der Waals surface area contributed by atoms with Crippen LogP contribution in [0.3, 0.4) is 0 Å². The van der Waals surface area contributed by atoms with E-state index in [1.807, 2.05) is 60.7 Å². The highest BCUT2D eigenvalue weighted by molar-refractivity contribution is 7.99. The number of ether oxygens (including phenoxy) is 1. The molecule has 3 rings (SSSR count). The van der Waals surface area contributed by atoms with Crippen LogP contribution in [0.4, 0.5) is 17.6 Å². The van der Waals surface area contributed by atoms with Gasteiger partial charge in [-0.2, -0.15) is 26.7 Å². The number of aromatic nitrogens is 3. The van der Waals surface area contributed by atoms with Crippen LogP contribution in [-0.4, -0.2) is 27.3 Å². The van der Waals surface area contributed by atoms with E-state index in [2.05, 4.69) is 27.2 Å². The van der Waals surface area contributed by atoms with Crippen molar-refractivity contribution >= 4 is 29.3 Å². The summed E-state index contributed by atoms with van der Waals surface area (Å²) in [4.78, 5) is 13.0. The summed E-state index contributed by atoms with van der Waals surface area (Å²) in [6.07, 6.45) is 0.944. The third-order valence-corrected chi connectivity index (χ3v) is 4.97. The third kappa shape index (κ3) is 6.14. The summed E-state index contributed by atoms with van der Waals surface area (Å²) in [5.74, 6) is 3.20. The second kappa shape index (κ2) is 9.78. The molecule has 3 aromatic rings. The van der Waals surface area contributed by atoms with Gasteiger partial charge in [-0.25, -0.2) is 0 Å². The van der Waals surface area contributed by atoms with Crippen molar-refractivity contribution < 1.29 is 4.74 Å². The summed E-state index contributed by atoms with van der Waals surface area (Å²) in [5, 5.41) is 3.28. The van der Waals surface area contributed by atoms with Gasteiger partial charge in [-0.3, -0.25) is 0 Å². The highest BCUT2D eigenvalue weighted by Gasteiger charge is 2.13. The van der Waals surface area contributed by atoms with Gasteiger partial charge in [0.25, 0.3) is 0 Å². The van der Waals surface area contributed by atoms with E-state index in [0.29, 0.717) is 18.4 Å². The number of hydrogen-bond acceptors (Lipinski definition) is 7. The minimum absolute atomic E-state index is 0.114. The Morgan fingerprint density at radius 3 is 2.44 bits per heavy atom. The lowest BCUT2D eigenvalue weighted by Crippen LogP contribution is -2.08. The lowest BCUT2D eigenvalue weighted by molar-refractivity contribution is 0.318. The van der Waals surface area contributed by atoms with Gasteiger partial charge in [-0.15, -0.1) is 0 Å². The van der Waals surface area contributed by atoms with Gasteiger partial charge in [0.2, 0.25) is 11.9 Å². The van der Waals surface area contributed by atoms with Crippen molar-refractivity contribution in [2.45, 2.75) is 18.6 Å². The van der Waals surface area contributed by atoms with E-state index in [1.54, 1.807) is 11.8 Å². The third-order valence-electron chi connectivity index (χ3n) is 3.73. The van der Waals surface area contributed by atoms with Crippen LogP contribution in [0.1, 0.15) is 24.4 Å². The molecule has 27 heavy (non-hydrogen) atoms. The van der Waals surface area contributed by atoms with Gasteiger partial charge in [0, 0.05) is 5.69 Å². The number of benzene rings is 2. The van der Waals surface area contributed by atoms with Gasteiger partial charge in [0.15, 0.2) is 0 Å². The van der Waals surface area contributed by atoms with E-state index >= 15 is 0 Å². The van der Waals surface area contributed by atoms with E-state index in [-0.39, 0.29) is 11.2 Å². The zero-order valence-corrected chi connectivity index (χ0v) is 16.0. The zero-order valence-electron chi connectivity index (χ0n) is 15.2. The minimum atomic E-state index is 0.114. The first kappa shape index (κ1) is 19.0. The Labute approximate surface area is 163 Å². The minimum Gasteiger partial charge on any atom is -0.494 e. The Hall–Kier alpha value is -2.80. The van der Waals surface area contributed by atoms with Crippen LogP contribution in [0.5, 0.6) is 5.75 Å². The molecule has 140 valence electrons. The van der Waals surface area contributed by atoms with Gasteiger partial charge >= 0.3 is 0 Å². The Morgan fingerprint density at radius 2 is 1.70 bits per heavy atom. The van der Waals surface area contributed by atoms with Crippen LogP contribution in [0.15, 0.2) is 60.7 Å². The molecule has 0 amide bonds. The molecule has 7 heteroatoms. The Kier molecular flexibility index (Phi) is 6.87. The quantitative estimate of drug-likeness (QED) is 0.529. The summed E-state index contributed by atoms with van der Waals surface area (Å²) in [6.45, 7) is 2.76. The average Bonchev–Trinajstić information content (AvgIpc) is 2.69. The number of anilines is 3. The van der Waals surface area contributed by atoms with Crippen LogP contribution in [0.2, 0.25) is 0 Å². The maximum Gasteiger partial charge on any atom is 0.232 e. The topological polar surface area (TPSA) is 86.0 Å². The number of nitrogens with zero attached hydrogens (tertiary/aromatic N) is 3. The molecule has 1 atom stereocenters. The molecule has 0 spiro atoms. The number of hydrogen-bond donors (Lipinski definition) is 2. The molecule has 0 fully saturated rings. The monoisotopic (exact) mass is 381 g/mol. The fraction of sp³-hybridized carbons (Fsp3) is 0.250. The number of nitrogens with one attached hydrogen (secondary N) is 1. The number of nitrogen functional groups attached to an aromatic ring is 1. The average molecular weight is 382 g/mol. The van der Waals surface area contributed by atoms with Crippen molar-refractivity contribution in [3.63, 3.8) is 0 Å². The molecule has 0 unspecified atom stereocenters. The standard InChI is InChI=1S/C20H23N5OS/c1-15(27-14-8-13-26-17-11-6-3-7-12-17)18-23-19(21)25-20(24-18)22-16-9-4-2-5-10-16/h2-7,9-12,15H,8,13-14H2,1H3,(H3,21,22,23,24,25)/t15-/m0/s1. The van der Waals surface area contributed by atoms with Crippen LogP contribution >= 0.6 is 11.8 Å². The summed E-state index contributed by atoms with van der Waals surface area (Å²) in [5.41, 5.74) is 6.77. The van der Waals surface area contributed by atoms with Crippen LogP contribution in [-0.2, 0) is 0 Å². The molecule has 0 aliphatic rings. The van der Waals surface area contributed by atoms with Gasteiger partial charge < -0.3 is 15.8 Å². The van der Waals surface area contributed by atoms with E-state index < -0.39 is 0 Å².